The van der Waals surface area contributed by atoms with E-state index in [1.807, 2.05) is 17.5 Å². The molecule has 0 saturated carbocycles. The first-order valence-electron chi connectivity index (χ1n) is 10.3. The van der Waals surface area contributed by atoms with Crippen molar-refractivity contribution in [1.82, 2.24) is 25.0 Å². The van der Waals surface area contributed by atoms with Crippen LogP contribution in [0.3, 0.4) is 0 Å². The van der Waals surface area contributed by atoms with Gasteiger partial charge in [-0.05, 0) is 36.1 Å². The largest absolute Gasteiger partial charge is 0.433 e. The molecule has 0 bridgehead atoms. The normalized spacial score (nSPS) is 11.8. The molecule has 0 aromatic carbocycles. The number of anilines is 1. The number of fused-ring (bicyclic) bond motifs is 1. The molecule has 0 fully saturated rings. The van der Waals surface area contributed by atoms with Crippen LogP contribution >= 0.6 is 22.7 Å². The van der Waals surface area contributed by atoms with Crippen molar-refractivity contribution < 1.29 is 22.8 Å². The molecule has 5 heterocycles. The second-order valence-corrected chi connectivity index (χ2v) is 9.72. The summed E-state index contributed by atoms with van der Waals surface area (Å²) in [6.07, 6.45) is -3.33. The molecule has 0 unspecified atom stereocenters. The summed E-state index contributed by atoms with van der Waals surface area (Å²) in [7, 11) is 1.65. The fourth-order valence-corrected chi connectivity index (χ4v) is 5.39. The average molecular weight is 532 g/mol. The van der Waals surface area contributed by atoms with Crippen molar-refractivity contribution in [3.8, 4) is 21.7 Å². The van der Waals surface area contributed by atoms with E-state index in [4.69, 9.17) is 5.73 Å². The summed E-state index contributed by atoms with van der Waals surface area (Å²) in [5.41, 5.74) is 6.07. The number of aryl methyl sites for hydroxylation is 1. The highest BCUT2D eigenvalue weighted by Gasteiger charge is 2.35. The van der Waals surface area contributed by atoms with Crippen LogP contribution in [0.1, 0.15) is 31.5 Å². The summed E-state index contributed by atoms with van der Waals surface area (Å²) in [6.45, 7) is 1.69. The molecule has 0 spiro atoms. The molecule has 5 aromatic rings. The van der Waals surface area contributed by atoms with E-state index in [1.54, 1.807) is 14.0 Å². The maximum atomic E-state index is 13.7. The SMILES string of the molecule is Cc1c(-c2cc(C(F)(F)F)nc3sc(C(N)=O)c(NC(=O)c4cc(-c5cccs5)[nH]n4)c23)cnn1C. The molecular weight excluding hydrogens is 515 g/mol. The van der Waals surface area contributed by atoms with Gasteiger partial charge in [0.05, 0.1) is 22.5 Å². The van der Waals surface area contributed by atoms with Crippen molar-refractivity contribution in [2.24, 2.45) is 12.8 Å². The van der Waals surface area contributed by atoms with E-state index in [9.17, 15) is 22.8 Å². The van der Waals surface area contributed by atoms with E-state index >= 15 is 0 Å². The number of amides is 2. The third-order valence-electron chi connectivity index (χ3n) is 5.54. The van der Waals surface area contributed by atoms with Crippen LogP contribution < -0.4 is 11.1 Å². The second kappa shape index (κ2) is 8.57. The smallest absolute Gasteiger partial charge is 0.365 e. The minimum Gasteiger partial charge on any atom is -0.365 e. The van der Waals surface area contributed by atoms with Gasteiger partial charge in [-0.15, -0.1) is 22.7 Å². The number of hydrogen-bond acceptors (Lipinski definition) is 7. The summed E-state index contributed by atoms with van der Waals surface area (Å²) < 4.78 is 42.6. The zero-order valence-electron chi connectivity index (χ0n) is 18.6. The summed E-state index contributed by atoms with van der Waals surface area (Å²) >= 11 is 2.12. The number of pyridine rings is 1. The van der Waals surface area contributed by atoms with E-state index in [0.29, 0.717) is 28.3 Å². The molecule has 14 heteroatoms. The van der Waals surface area contributed by atoms with Gasteiger partial charge < -0.3 is 11.1 Å². The number of carbonyl (C=O) groups excluding carboxylic acids is 2. The van der Waals surface area contributed by atoms with E-state index in [-0.39, 0.29) is 32.0 Å². The Morgan fingerprint density at radius 2 is 2.00 bits per heavy atom. The zero-order valence-corrected chi connectivity index (χ0v) is 20.2. The van der Waals surface area contributed by atoms with Gasteiger partial charge >= 0.3 is 6.18 Å². The van der Waals surface area contributed by atoms with Crippen LogP contribution in [-0.2, 0) is 13.2 Å². The van der Waals surface area contributed by atoms with Crippen LogP contribution in [0, 0.1) is 6.92 Å². The Morgan fingerprint density at radius 3 is 2.61 bits per heavy atom. The maximum absolute atomic E-state index is 13.7. The number of aromatic nitrogens is 5. The Bertz CT molecular complexity index is 1630. The lowest BCUT2D eigenvalue weighted by atomic mass is 10.0. The Labute approximate surface area is 208 Å². The Balaban J connectivity index is 1.68. The summed E-state index contributed by atoms with van der Waals surface area (Å²) in [5, 5.41) is 15.6. The van der Waals surface area contributed by atoms with Crippen molar-refractivity contribution in [2.75, 3.05) is 5.32 Å². The Kier molecular flexibility index (Phi) is 5.64. The number of halogens is 3. The van der Waals surface area contributed by atoms with Gasteiger partial charge in [0, 0.05) is 23.7 Å². The molecule has 5 aromatic heterocycles. The summed E-state index contributed by atoms with van der Waals surface area (Å²) in [4.78, 5) is 29.7. The van der Waals surface area contributed by atoms with Crippen molar-refractivity contribution >= 4 is 50.4 Å². The van der Waals surface area contributed by atoms with Gasteiger partial charge in [-0.2, -0.15) is 23.4 Å². The van der Waals surface area contributed by atoms with E-state index in [1.165, 1.54) is 28.3 Å². The first-order valence-corrected chi connectivity index (χ1v) is 12.0. The standard InChI is InChI=1S/C22H16F3N7O2S2/c1-9-11(8-27-32(9)2)10-6-15(22(23,24)25)28-21-16(10)17(18(36-21)19(26)33)29-20(34)13-7-12(30-31-13)14-4-3-5-35-14/h3-8H,1-2H3,(H2,26,33)(H,29,34)(H,30,31). The zero-order chi connectivity index (χ0) is 25.8. The number of alkyl halides is 3. The fraction of sp³-hybridized carbons (Fsp3) is 0.136. The lowest BCUT2D eigenvalue weighted by molar-refractivity contribution is -0.140. The topological polar surface area (TPSA) is 132 Å². The first-order chi connectivity index (χ1) is 17.0. The number of hydrogen-bond donors (Lipinski definition) is 3. The molecule has 0 atom stereocenters. The quantitative estimate of drug-likeness (QED) is 0.299. The number of nitrogens with one attached hydrogen (secondary N) is 2. The minimum absolute atomic E-state index is 0.0205. The molecule has 0 aliphatic heterocycles. The number of rotatable bonds is 5. The highest BCUT2D eigenvalue weighted by atomic mass is 32.1. The Morgan fingerprint density at radius 1 is 1.22 bits per heavy atom. The van der Waals surface area contributed by atoms with E-state index in [2.05, 4.69) is 25.6 Å². The van der Waals surface area contributed by atoms with Gasteiger partial charge in [0.15, 0.2) is 5.69 Å². The lowest BCUT2D eigenvalue weighted by Crippen LogP contribution is -2.17. The number of H-pyrrole nitrogens is 1. The van der Waals surface area contributed by atoms with Crippen molar-refractivity contribution in [3.63, 3.8) is 0 Å². The molecule has 0 aliphatic carbocycles. The molecule has 184 valence electrons. The molecule has 0 saturated heterocycles. The molecule has 9 nitrogen and oxygen atoms in total. The number of nitrogens with two attached hydrogens (primary N) is 1. The van der Waals surface area contributed by atoms with Gasteiger partial charge in [-0.3, -0.25) is 19.4 Å². The second-order valence-electron chi connectivity index (χ2n) is 7.77. The van der Waals surface area contributed by atoms with Crippen LogP contribution in [0.25, 0.3) is 31.9 Å². The summed E-state index contributed by atoms with van der Waals surface area (Å²) in [5.74, 6) is -1.60. The van der Waals surface area contributed by atoms with Crippen molar-refractivity contribution in [2.45, 2.75) is 13.1 Å². The fourth-order valence-electron chi connectivity index (χ4n) is 3.69. The number of primary amides is 1. The molecule has 5 rings (SSSR count). The third-order valence-corrected chi connectivity index (χ3v) is 7.54. The van der Waals surface area contributed by atoms with Crippen LogP contribution in [0.2, 0.25) is 0 Å². The highest BCUT2D eigenvalue weighted by Crippen LogP contribution is 2.44. The monoisotopic (exact) mass is 531 g/mol. The van der Waals surface area contributed by atoms with Gasteiger partial charge in [0.25, 0.3) is 11.8 Å². The molecule has 36 heavy (non-hydrogen) atoms. The van der Waals surface area contributed by atoms with Crippen LogP contribution in [0.5, 0.6) is 0 Å². The predicted octanol–water partition coefficient (Wildman–Crippen LogP) is 4.83. The third kappa shape index (κ3) is 4.03. The van der Waals surface area contributed by atoms with Crippen LogP contribution in [-0.4, -0.2) is 36.8 Å². The summed E-state index contributed by atoms with van der Waals surface area (Å²) in [6, 6.07) is 6.11. The number of nitrogens with zero attached hydrogens (tertiary/aromatic N) is 4. The van der Waals surface area contributed by atoms with Gasteiger partial charge in [-0.25, -0.2) is 4.98 Å². The van der Waals surface area contributed by atoms with Crippen molar-refractivity contribution in [3.05, 3.63) is 57.8 Å². The van der Waals surface area contributed by atoms with Crippen LogP contribution in [0.15, 0.2) is 35.8 Å². The van der Waals surface area contributed by atoms with Gasteiger partial charge in [0.1, 0.15) is 15.4 Å². The molecule has 0 aliphatic rings. The first kappa shape index (κ1) is 23.7. The average Bonchev–Trinajstić information content (AvgIpc) is 3.60. The molecule has 0 radical (unpaired) electrons. The molecular formula is C22H16F3N7O2S2. The lowest BCUT2D eigenvalue weighted by Gasteiger charge is -2.12. The molecule has 4 N–H and O–H groups in total. The van der Waals surface area contributed by atoms with Crippen LogP contribution in [0.4, 0.5) is 18.9 Å². The predicted molar refractivity (Wildman–Crippen MR) is 130 cm³/mol. The molecule has 2 amide bonds. The minimum atomic E-state index is -4.74. The Hall–Kier alpha value is -4.04. The number of carbonyl (C=O) groups is 2. The number of thiophene rings is 2. The number of aromatic amines is 1. The highest BCUT2D eigenvalue weighted by molar-refractivity contribution is 7.21. The maximum Gasteiger partial charge on any atom is 0.433 e. The van der Waals surface area contributed by atoms with E-state index < -0.39 is 23.7 Å². The van der Waals surface area contributed by atoms with E-state index in [0.717, 1.165) is 10.9 Å². The van der Waals surface area contributed by atoms with Gasteiger partial charge in [-0.1, -0.05) is 6.07 Å². The van der Waals surface area contributed by atoms with Crippen molar-refractivity contribution in [1.29, 1.82) is 0 Å². The van der Waals surface area contributed by atoms with Gasteiger partial charge in [0.2, 0.25) is 0 Å².